The zero-order valence-corrected chi connectivity index (χ0v) is 14.7. The number of para-hydroxylation sites is 1. The molecule has 0 aliphatic heterocycles. The number of carbonyl (C=O) groups is 1. The Kier molecular flexibility index (Phi) is 5.65. The molecule has 0 N–H and O–H groups in total. The Bertz CT molecular complexity index is 910. The van der Waals surface area contributed by atoms with Crippen LogP contribution in [0.5, 0.6) is 11.5 Å². The lowest BCUT2D eigenvalue weighted by atomic mass is 10.2. The molecule has 0 saturated carbocycles. The van der Waals surface area contributed by atoms with Gasteiger partial charge in [0.15, 0.2) is 24.3 Å². The van der Waals surface area contributed by atoms with Crippen molar-refractivity contribution in [1.82, 2.24) is 10.2 Å². The number of nitrogens with zero attached hydrogens (tertiary/aromatic N) is 2. The highest BCUT2D eigenvalue weighted by atomic mass is 19.1. The number of methoxy groups -OCH3 is 1. The quantitative estimate of drug-likeness (QED) is 0.586. The zero-order valence-electron chi connectivity index (χ0n) is 14.7. The fourth-order valence-corrected chi connectivity index (χ4v) is 2.23. The minimum Gasteiger partial charge on any atom is -0.497 e. The van der Waals surface area contributed by atoms with E-state index in [0.717, 1.165) is 0 Å². The molecule has 0 unspecified atom stereocenters. The van der Waals surface area contributed by atoms with Crippen molar-refractivity contribution < 1.29 is 27.8 Å². The van der Waals surface area contributed by atoms with E-state index in [1.54, 1.807) is 44.4 Å². The SMILES string of the molecule is COc1ccc(-c2nnc([C@H](C)OC(=O)COc3ccccc3F)o2)cc1. The maximum atomic E-state index is 13.5. The highest BCUT2D eigenvalue weighted by molar-refractivity contribution is 5.71. The first-order chi connectivity index (χ1) is 13.1. The molecule has 0 amide bonds. The van der Waals surface area contributed by atoms with Crippen LogP contribution in [0.3, 0.4) is 0 Å². The van der Waals surface area contributed by atoms with Crippen LogP contribution in [0.4, 0.5) is 4.39 Å². The summed E-state index contributed by atoms with van der Waals surface area (Å²) < 4.78 is 34.4. The number of ether oxygens (including phenoxy) is 3. The van der Waals surface area contributed by atoms with E-state index in [9.17, 15) is 9.18 Å². The number of rotatable bonds is 7. The van der Waals surface area contributed by atoms with Crippen molar-refractivity contribution in [2.24, 2.45) is 0 Å². The summed E-state index contributed by atoms with van der Waals surface area (Å²) in [5.74, 6) is -0.134. The van der Waals surface area contributed by atoms with Gasteiger partial charge in [0.25, 0.3) is 5.89 Å². The summed E-state index contributed by atoms with van der Waals surface area (Å²) in [5.41, 5.74) is 0.705. The number of hydrogen-bond donors (Lipinski definition) is 0. The molecule has 3 rings (SSSR count). The summed E-state index contributed by atoms with van der Waals surface area (Å²) in [6.07, 6.45) is -0.777. The average Bonchev–Trinajstić information content (AvgIpc) is 3.18. The van der Waals surface area contributed by atoms with Crippen LogP contribution in [0.25, 0.3) is 11.5 Å². The fourth-order valence-electron chi connectivity index (χ4n) is 2.23. The molecule has 0 aliphatic carbocycles. The molecule has 8 heteroatoms. The van der Waals surface area contributed by atoms with E-state index in [1.807, 2.05) is 0 Å². The average molecular weight is 372 g/mol. The van der Waals surface area contributed by atoms with Gasteiger partial charge in [0, 0.05) is 5.56 Å². The molecule has 0 bridgehead atoms. The second-order valence-electron chi connectivity index (χ2n) is 5.53. The maximum Gasteiger partial charge on any atom is 0.344 e. The Morgan fingerprint density at radius 2 is 1.89 bits per heavy atom. The van der Waals surface area contributed by atoms with Crippen LogP contribution in [0.2, 0.25) is 0 Å². The van der Waals surface area contributed by atoms with Gasteiger partial charge in [-0.05, 0) is 43.3 Å². The first-order valence-corrected chi connectivity index (χ1v) is 8.11. The molecule has 0 spiro atoms. The molecule has 1 aromatic heterocycles. The van der Waals surface area contributed by atoms with Crippen molar-refractivity contribution in [3.63, 3.8) is 0 Å². The summed E-state index contributed by atoms with van der Waals surface area (Å²) in [4.78, 5) is 11.9. The van der Waals surface area contributed by atoms with Crippen molar-refractivity contribution in [2.45, 2.75) is 13.0 Å². The van der Waals surface area contributed by atoms with E-state index >= 15 is 0 Å². The smallest absolute Gasteiger partial charge is 0.344 e. The van der Waals surface area contributed by atoms with Gasteiger partial charge < -0.3 is 18.6 Å². The lowest BCUT2D eigenvalue weighted by molar-refractivity contribution is -0.152. The molecule has 0 radical (unpaired) electrons. The van der Waals surface area contributed by atoms with Crippen LogP contribution in [0.1, 0.15) is 18.9 Å². The molecule has 1 atom stereocenters. The predicted molar refractivity (Wildman–Crippen MR) is 92.7 cm³/mol. The number of carbonyl (C=O) groups excluding carboxylic acids is 1. The van der Waals surface area contributed by atoms with Crippen molar-refractivity contribution in [1.29, 1.82) is 0 Å². The number of aromatic nitrogens is 2. The highest BCUT2D eigenvalue weighted by Crippen LogP contribution is 2.24. The van der Waals surface area contributed by atoms with Gasteiger partial charge in [-0.1, -0.05) is 12.1 Å². The van der Waals surface area contributed by atoms with Crippen LogP contribution < -0.4 is 9.47 Å². The first kappa shape index (κ1) is 18.4. The third-order valence-electron chi connectivity index (χ3n) is 3.62. The molecule has 3 aromatic rings. The van der Waals surface area contributed by atoms with Crippen LogP contribution >= 0.6 is 0 Å². The molecular weight excluding hydrogens is 355 g/mol. The lowest BCUT2D eigenvalue weighted by Gasteiger charge is -2.10. The van der Waals surface area contributed by atoms with Crippen molar-refractivity contribution in [3.05, 3.63) is 60.2 Å². The fraction of sp³-hybridized carbons (Fsp3) is 0.211. The first-order valence-electron chi connectivity index (χ1n) is 8.11. The van der Waals surface area contributed by atoms with Gasteiger partial charge in [-0.25, -0.2) is 9.18 Å². The van der Waals surface area contributed by atoms with E-state index in [4.69, 9.17) is 18.6 Å². The Balaban J connectivity index is 1.57. The van der Waals surface area contributed by atoms with Crippen molar-refractivity contribution in [3.8, 4) is 23.0 Å². The largest absolute Gasteiger partial charge is 0.497 e. The second kappa shape index (κ2) is 8.31. The molecular formula is C19H17FN2O5. The summed E-state index contributed by atoms with van der Waals surface area (Å²) in [6, 6.07) is 12.9. The van der Waals surface area contributed by atoms with E-state index in [1.165, 1.54) is 18.2 Å². The van der Waals surface area contributed by atoms with E-state index < -0.39 is 24.5 Å². The lowest BCUT2D eigenvalue weighted by Crippen LogP contribution is -2.17. The molecule has 0 saturated heterocycles. The number of halogens is 1. The molecule has 0 aliphatic rings. The van der Waals surface area contributed by atoms with Gasteiger partial charge >= 0.3 is 5.97 Å². The topological polar surface area (TPSA) is 83.7 Å². The van der Waals surface area contributed by atoms with E-state index in [0.29, 0.717) is 11.3 Å². The maximum absolute atomic E-state index is 13.5. The van der Waals surface area contributed by atoms with Gasteiger partial charge in [0.05, 0.1) is 7.11 Å². The normalized spacial score (nSPS) is 11.7. The molecule has 7 nitrogen and oxygen atoms in total. The van der Waals surface area contributed by atoms with Gasteiger partial charge in [-0.15, -0.1) is 10.2 Å². The minimum atomic E-state index is -0.777. The Morgan fingerprint density at radius 1 is 1.15 bits per heavy atom. The summed E-state index contributed by atoms with van der Waals surface area (Å²) in [5, 5.41) is 7.84. The van der Waals surface area contributed by atoms with Gasteiger partial charge in [0.2, 0.25) is 5.89 Å². The molecule has 0 fully saturated rings. The third-order valence-corrected chi connectivity index (χ3v) is 3.62. The summed E-state index contributed by atoms with van der Waals surface area (Å²) >= 11 is 0. The Hall–Kier alpha value is -3.42. The molecule has 2 aromatic carbocycles. The second-order valence-corrected chi connectivity index (χ2v) is 5.53. The number of benzene rings is 2. The van der Waals surface area contributed by atoms with Gasteiger partial charge in [0.1, 0.15) is 5.75 Å². The van der Waals surface area contributed by atoms with Crippen LogP contribution in [-0.4, -0.2) is 29.9 Å². The van der Waals surface area contributed by atoms with Crippen LogP contribution in [0.15, 0.2) is 52.9 Å². The van der Waals surface area contributed by atoms with Crippen LogP contribution in [0, 0.1) is 5.82 Å². The zero-order chi connectivity index (χ0) is 19.2. The van der Waals surface area contributed by atoms with E-state index in [-0.39, 0.29) is 17.5 Å². The highest BCUT2D eigenvalue weighted by Gasteiger charge is 2.19. The summed E-state index contributed by atoms with van der Waals surface area (Å²) in [7, 11) is 1.58. The molecule has 1 heterocycles. The van der Waals surface area contributed by atoms with Crippen LogP contribution in [-0.2, 0) is 9.53 Å². The number of hydrogen-bond acceptors (Lipinski definition) is 7. The third kappa shape index (κ3) is 4.60. The van der Waals surface area contributed by atoms with E-state index in [2.05, 4.69) is 10.2 Å². The summed E-state index contributed by atoms with van der Waals surface area (Å²) in [6.45, 7) is 1.15. The Morgan fingerprint density at radius 3 is 2.59 bits per heavy atom. The molecule has 27 heavy (non-hydrogen) atoms. The molecule has 140 valence electrons. The van der Waals surface area contributed by atoms with Crippen molar-refractivity contribution >= 4 is 5.97 Å². The minimum absolute atomic E-state index is 0.0262. The standard InChI is InChI=1S/C19H17FN2O5/c1-12(26-17(23)11-25-16-6-4-3-5-15(16)20)18-21-22-19(27-18)13-7-9-14(24-2)10-8-13/h3-10,12H,11H2,1-2H3/t12-/m0/s1. The monoisotopic (exact) mass is 372 g/mol. The van der Waals surface area contributed by atoms with Gasteiger partial charge in [-0.3, -0.25) is 0 Å². The van der Waals surface area contributed by atoms with Gasteiger partial charge in [-0.2, -0.15) is 0 Å². The predicted octanol–water partition coefficient (Wildman–Crippen LogP) is 3.57. The Labute approximate surface area is 154 Å². The number of esters is 1. The van der Waals surface area contributed by atoms with Crippen molar-refractivity contribution in [2.75, 3.05) is 13.7 Å².